The number of amidine groups is 3. The molecule has 6 atom stereocenters. The van der Waals surface area contributed by atoms with Gasteiger partial charge in [0.1, 0.15) is 42.0 Å². The highest BCUT2D eigenvalue weighted by Gasteiger charge is 2.44. The lowest BCUT2D eigenvalue weighted by Gasteiger charge is -2.39. The molecule has 0 aromatic heterocycles. The zero-order chi connectivity index (χ0) is 15.9. The van der Waals surface area contributed by atoms with Crippen LogP contribution in [0.2, 0.25) is 0 Å². The van der Waals surface area contributed by atoms with Crippen molar-refractivity contribution < 1.29 is 25.2 Å². The standard InChI is InChI=1S/C11H15N5O5S/c12-8-4-9(14-2-13-8)16-11(15-4)22-10-7(20)6(19)5(18)3(1-17)21-10/h2-7,10,17-20H,1H2,(H2,12,13,14,15,16). The van der Waals surface area contributed by atoms with E-state index in [9.17, 15) is 15.3 Å². The summed E-state index contributed by atoms with van der Waals surface area (Å²) < 4.78 is 5.38. The number of aliphatic hydroxyl groups excluding tert-OH is 4. The molecule has 0 amide bonds. The fourth-order valence-electron chi connectivity index (χ4n) is 2.20. The Hall–Kier alpha value is -1.37. The second kappa shape index (κ2) is 6.02. The molecule has 0 spiro atoms. The molecule has 3 heterocycles. The van der Waals surface area contributed by atoms with E-state index in [1.807, 2.05) is 0 Å². The van der Waals surface area contributed by atoms with Crippen LogP contribution in [0.3, 0.4) is 0 Å². The molecule has 1 saturated heterocycles. The topological polar surface area (TPSA) is 166 Å². The van der Waals surface area contributed by atoms with Gasteiger partial charge in [0.05, 0.1) is 6.61 Å². The van der Waals surface area contributed by atoms with Crippen LogP contribution in [0.1, 0.15) is 0 Å². The Kier molecular flexibility index (Phi) is 4.25. The van der Waals surface area contributed by atoms with E-state index >= 15 is 0 Å². The molecule has 3 rings (SSSR count). The van der Waals surface area contributed by atoms with Gasteiger partial charge in [-0.2, -0.15) is 0 Å². The summed E-state index contributed by atoms with van der Waals surface area (Å²) in [4.78, 5) is 16.2. The Bertz CT molecular complexity index is 577. The highest BCUT2D eigenvalue weighted by Crippen LogP contribution is 2.31. The first-order valence-corrected chi connectivity index (χ1v) is 7.38. The maximum atomic E-state index is 9.97. The van der Waals surface area contributed by atoms with Crippen LogP contribution in [-0.4, -0.2) is 86.1 Å². The summed E-state index contributed by atoms with van der Waals surface area (Å²) in [6.07, 6.45) is -3.89. The van der Waals surface area contributed by atoms with Gasteiger partial charge in [0.25, 0.3) is 0 Å². The predicted molar refractivity (Wildman–Crippen MR) is 80.1 cm³/mol. The van der Waals surface area contributed by atoms with E-state index < -0.39 is 42.5 Å². The van der Waals surface area contributed by atoms with Gasteiger partial charge in [0, 0.05) is 0 Å². The Morgan fingerprint density at radius 2 is 2.00 bits per heavy atom. The number of aliphatic hydroxyl groups is 4. The number of rotatable bonds is 2. The van der Waals surface area contributed by atoms with Crippen molar-refractivity contribution >= 4 is 34.9 Å². The molecule has 10 nitrogen and oxygen atoms in total. The molecule has 0 aliphatic carbocycles. The van der Waals surface area contributed by atoms with Gasteiger partial charge in [-0.3, -0.25) is 0 Å². The number of fused-ring (bicyclic) bond motifs is 1. The largest absolute Gasteiger partial charge is 0.394 e. The molecule has 11 heteroatoms. The molecule has 22 heavy (non-hydrogen) atoms. The number of hydrogen-bond donors (Lipinski definition) is 5. The maximum absolute atomic E-state index is 9.97. The minimum absolute atomic E-state index is 0.262. The van der Waals surface area contributed by atoms with E-state index in [1.54, 1.807) is 0 Å². The molecule has 120 valence electrons. The van der Waals surface area contributed by atoms with Crippen LogP contribution < -0.4 is 5.73 Å². The summed E-state index contributed by atoms with van der Waals surface area (Å²) in [5.74, 6) is 0.651. The number of ether oxygens (including phenoxy) is 1. The average molecular weight is 329 g/mol. The monoisotopic (exact) mass is 329 g/mol. The fraction of sp³-hybridized carbons (Fsp3) is 0.636. The molecule has 6 N–H and O–H groups in total. The van der Waals surface area contributed by atoms with Crippen LogP contribution in [0.5, 0.6) is 0 Å². The van der Waals surface area contributed by atoms with E-state index in [1.165, 1.54) is 6.34 Å². The van der Waals surface area contributed by atoms with Crippen molar-refractivity contribution in [2.75, 3.05) is 6.61 Å². The molecule has 6 unspecified atom stereocenters. The first kappa shape index (κ1) is 15.5. The first-order valence-electron chi connectivity index (χ1n) is 6.50. The minimum Gasteiger partial charge on any atom is -0.394 e. The second-order valence-electron chi connectivity index (χ2n) is 4.90. The predicted octanol–water partition coefficient (Wildman–Crippen LogP) is -2.94. The maximum Gasteiger partial charge on any atom is 0.188 e. The van der Waals surface area contributed by atoms with Crippen LogP contribution in [0.15, 0.2) is 20.0 Å². The summed E-state index contributed by atoms with van der Waals surface area (Å²) in [5.41, 5.74) is 4.76. The van der Waals surface area contributed by atoms with Gasteiger partial charge < -0.3 is 30.9 Å². The Labute approximate surface area is 129 Å². The molecular weight excluding hydrogens is 314 g/mol. The number of nitrogens with zero attached hydrogens (tertiary/aromatic N) is 4. The SMILES string of the molecule is NC1=NC=NC2=NC(SC3OC(CO)C(O)C(O)C3O)=NC12. The zero-order valence-electron chi connectivity index (χ0n) is 11.2. The van der Waals surface area contributed by atoms with Gasteiger partial charge in [-0.15, -0.1) is 0 Å². The molecular formula is C11H15N5O5S. The molecule has 1 fully saturated rings. The van der Waals surface area contributed by atoms with Crippen LogP contribution in [0.4, 0.5) is 0 Å². The van der Waals surface area contributed by atoms with Gasteiger partial charge in [0.15, 0.2) is 17.0 Å². The van der Waals surface area contributed by atoms with E-state index in [0.717, 1.165) is 11.8 Å². The van der Waals surface area contributed by atoms with E-state index in [0.29, 0.717) is 5.84 Å². The number of hydrogen-bond acceptors (Lipinski definition) is 11. The lowest BCUT2D eigenvalue weighted by molar-refractivity contribution is -0.205. The van der Waals surface area contributed by atoms with E-state index in [4.69, 9.17) is 15.6 Å². The molecule has 3 aliphatic rings. The van der Waals surface area contributed by atoms with E-state index in [2.05, 4.69) is 20.0 Å². The number of thioether (sulfide) groups is 1. The van der Waals surface area contributed by atoms with Gasteiger partial charge >= 0.3 is 0 Å². The van der Waals surface area contributed by atoms with Crippen LogP contribution in [0.25, 0.3) is 0 Å². The van der Waals surface area contributed by atoms with Gasteiger partial charge in [0.2, 0.25) is 0 Å². The van der Waals surface area contributed by atoms with Crippen molar-refractivity contribution in [2.45, 2.75) is 35.9 Å². The molecule has 3 aliphatic heterocycles. The van der Waals surface area contributed by atoms with Crippen LogP contribution in [0, 0.1) is 0 Å². The van der Waals surface area contributed by atoms with Crippen LogP contribution >= 0.6 is 11.8 Å². The fourth-order valence-corrected chi connectivity index (χ4v) is 3.22. The van der Waals surface area contributed by atoms with Crippen molar-refractivity contribution in [3.8, 4) is 0 Å². The van der Waals surface area contributed by atoms with Crippen molar-refractivity contribution in [2.24, 2.45) is 25.7 Å². The third-order valence-corrected chi connectivity index (χ3v) is 4.47. The quantitative estimate of drug-likeness (QED) is 0.361. The minimum atomic E-state index is -1.44. The van der Waals surface area contributed by atoms with Crippen molar-refractivity contribution in [1.82, 2.24) is 0 Å². The first-order chi connectivity index (χ1) is 10.5. The number of aliphatic imine (C=N–C) groups is 4. The smallest absolute Gasteiger partial charge is 0.188 e. The van der Waals surface area contributed by atoms with Gasteiger partial charge in [-0.25, -0.2) is 20.0 Å². The Morgan fingerprint density at radius 3 is 2.68 bits per heavy atom. The summed E-state index contributed by atoms with van der Waals surface area (Å²) >= 11 is 0.953. The lowest BCUT2D eigenvalue weighted by atomic mass is 10.0. The zero-order valence-corrected chi connectivity index (χ0v) is 12.0. The second-order valence-corrected chi connectivity index (χ2v) is 5.96. The Morgan fingerprint density at radius 1 is 1.23 bits per heavy atom. The highest BCUT2D eigenvalue weighted by atomic mass is 32.2. The lowest BCUT2D eigenvalue weighted by Crippen LogP contribution is -2.57. The van der Waals surface area contributed by atoms with Crippen molar-refractivity contribution in [3.05, 3.63) is 0 Å². The van der Waals surface area contributed by atoms with E-state index in [-0.39, 0.29) is 11.0 Å². The highest BCUT2D eigenvalue weighted by molar-refractivity contribution is 8.14. The van der Waals surface area contributed by atoms with Crippen LogP contribution in [-0.2, 0) is 4.74 Å². The average Bonchev–Trinajstić information content (AvgIpc) is 2.92. The van der Waals surface area contributed by atoms with Gasteiger partial charge in [-0.05, 0) is 0 Å². The molecule has 0 radical (unpaired) electrons. The summed E-state index contributed by atoms with van der Waals surface area (Å²) in [5, 5.41) is 38.9. The summed E-state index contributed by atoms with van der Waals surface area (Å²) in [6, 6.07) is -0.558. The van der Waals surface area contributed by atoms with Crippen molar-refractivity contribution in [1.29, 1.82) is 0 Å². The molecule has 0 saturated carbocycles. The molecule has 0 aromatic carbocycles. The van der Waals surface area contributed by atoms with Crippen molar-refractivity contribution in [3.63, 3.8) is 0 Å². The molecule has 0 bridgehead atoms. The molecule has 0 aromatic rings. The van der Waals surface area contributed by atoms with Gasteiger partial charge in [-0.1, -0.05) is 11.8 Å². The Balaban J connectivity index is 1.73. The normalized spacial score (nSPS) is 40.8. The third kappa shape index (κ3) is 2.66. The summed E-state index contributed by atoms with van der Waals surface area (Å²) in [6.45, 7) is -0.491. The third-order valence-electron chi connectivity index (χ3n) is 3.44. The number of nitrogens with two attached hydrogens (primary N) is 1. The summed E-state index contributed by atoms with van der Waals surface area (Å²) in [7, 11) is 0.